The molecular weight excluding hydrogens is 290 g/mol. The predicted molar refractivity (Wildman–Crippen MR) is 80.9 cm³/mol. The number of hydrogen-bond donors (Lipinski definition) is 1. The SMILES string of the molecule is CC(CC(=O)NCC1CCCC1CBr)C(C)(C)C. The quantitative estimate of drug-likeness (QED) is 0.763. The van der Waals surface area contributed by atoms with Crippen molar-refractivity contribution in [1.29, 1.82) is 0 Å². The van der Waals surface area contributed by atoms with Crippen LogP contribution in [0, 0.1) is 23.2 Å². The molecule has 106 valence electrons. The van der Waals surface area contributed by atoms with Gasteiger partial charge in [0.1, 0.15) is 0 Å². The van der Waals surface area contributed by atoms with Crippen molar-refractivity contribution in [2.24, 2.45) is 23.2 Å². The first-order valence-corrected chi connectivity index (χ1v) is 8.29. The van der Waals surface area contributed by atoms with Crippen molar-refractivity contribution in [2.45, 2.75) is 53.4 Å². The van der Waals surface area contributed by atoms with Gasteiger partial charge < -0.3 is 5.32 Å². The molecule has 1 fully saturated rings. The summed E-state index contributed by atoms with van der Waals surface area (Å²) in [5, 5.41) is 4.21. The fourth-order valence-corrected chi connectivity index (χ4v) is 3.34. The second kappa shape index (κ2) is 6.93. The van der Waals surface area contributed by atoms with Crippen molar-refractivity contribution in [3.63, 3.8) is 0 Å². The number of hydrogen-bond acceptors (Lipinski definition) is 1. The average Bonchev–Trinajstić information content (AvgIpc) is 2.72. The standard InChI is InChI=1S/C15H28BrNO/c1-11(15(2,3)4)8-14(18)17-10-13-7-5-6-12(13)9-16/h11-13H,5-10H2,1-4H3,(H,17,18). The zero-order valence-corrected chi connectivity index (χ0v) is 13.8. The molecule has 0 aromatic carbocycles. The maximum absolute atomic E-state index is 11.9. The molecule has 0 aromatic heterocycles. The van der Waals surface area contributed by atoms with Gasteiger partial charge in [-0.3, -0.25) is 4.79 Å². The third-order valence-electron chi connectivity index (χ3n) is 4.55. The summed E-state index contributed by atoms with van der Waals surface area (Å²) in [6, 6.07) is 0. The van der Waals surface area contributed by atoms with Gasteiger partial charge in [0.05, 0.1) is 0 Å². The largest absolute Gasteiger partial charge is 0.356 e. The summed E-state index contributed by atoms with van der Waals surface area (Å²) < 4.78 is 0. The Morgan fingerprint density at radius 3 is 2.50 bits per heavy atom. The summed E-state index contributed by atoms with van der Waals surface area (Å²) in [5.41, 5.74) is 0.211. The van der Waals surface area contributed by atoms with E-state index in [0.717, 1.165) is 17.8 Å². The molecule has 1 aliphatic rings. The Kier molecular flexibility index (Phi) is 6.16. The van der Waals surface area contributed by atoms with Crippen LogP contribution in [0.1, 0.15) is 53.4 Å². The molecule has 1 rings (SSSR count). The van der Waals surface area contributed by atoms with Gasteiger partial charge in [-0.1, -0.05) is 50.0 Å². The number of amides is 1. The summed E-state index contributed by atoms with van der Waals surface area (Å²) >= 11 is 3.58. The van der Waals surface area contributed by atoms with E-state index in [2.05, 4.69) is 48.9 Å². The highest BCUT2D eigenvalue weighted by Gasteiger charge is 2.27. The third-order valence-corrected chi connectivity index (χ3v) is 5.38. The molecule has 1 amide bonds. The van der Waals surface area contributed by atoms with Crippen molar-refractivity contribution in [2.75, 3.05) is 11.9 Å². The molecule has 0 heterocycles. The van der Waals surface area contributed by atoms with E-state index in [-0.39, 0.29) is 11.3 Å². The molecule has 0 saturated heterocycles. The van der Waals surface area contributed by atoms with E-state index >= 15 is 0 Å². The monoisotopic (exact) mass is 317 g/mol. The van der Waals surface area contributed by atoms with Gasteiger partial charge in [0.25, 0.3) is 0 Å². The minimum absolute atomic E-state index is 0.211. The van der Waals surface area contributed by atoms with Crippen molar-refractivity contribution in [3.05, 3.63) is 0 Å². The smallest absolute Gasteiger partial charge is 0.220 e. The molecule has 2 nitrogen and oxygen atoms in total. The highest BCUT2D eigenvalue weighted by Crippen LogP contribution is 2.32. The first kappa shape index (κ1) is 16.0. The Balaban J connectivity index is 2.29. The van der Waals surface area contributed by atoms with E-state index in [4.69, 9.17) is 0 Å². The first-order chi connectivity index (χ1) is 8.34. The van der Waals surface area contributed by atoms with Crippen LogP contribution in [-0.2, 0) is 4.79 Å². The Hall–Kier alpha value is -0.0500. The normalized spacial score (nSPS) is 26.1. The van der Waals surface area contributed by atoms with Crippen LogP contribution in [0.25, 0.3) is 0 Å². The van der Waals surface area contributed by atoms with Crippen LogP contribution in [0.15, 0.2) is 0 Å². The Morgan fingerprint density at radius 1 is 1.33 bits per heavy atom. The maximum atomic E-state index is 11.9. The fourth-order valence-electron chi connectivity index (χ4n) is 2.49. The topological polar surface area (TPSA) is 29.1 Å². The first-order valence-electron chi connectivity index (χ1n) is 7.17. The van der Waals surface area contributed by atoms with E-state index < -0.39 is 0 Å². The number of alkyl halides is 1. The van der Waals surface area contributed by atoms with Gasteiger partial charge in [0.15, 0.2) is 0 Å². The number of rotatable bonds is 5. The minimum Gasteiger partial charge on any atom is -0.356 e. The summed E-state index contributed by atoms with van der Waals surface area (Å²) in [7, 11) is 0. The van der Waals surface area contributed by atoms with Gasteiger partial charge >= 0.3 is 0 Å². The van der Waals surface area contributed by atoms with Gasteiger partial charge in [-0.25, -0.2) is 0 Å². The molecule has 0 aromatic rings. The van der Waals surface area contributed by atoms with Crippen molar-refractivity contribution >= 4 is 21.8 Å². The molecule has 3 heteroatoms. The summed E-state index contributed by atoms with van der Waals surface area (Å²) in [5.74, 6) is 2.08. The predicted octanol–water partition coefficient (Wildman–Crippen LogP) is 3.99. The van der Waals surface area contributed by atoms with Crippen LogP contribution in [-0.4, -0.2) is 17.8 Å². The van der Waals surface area contributed by atoms with Crippen LogP contribution in [0.2, 0.25) is 0 Å². The average molecular weight is 318 g/mol. The van der Waals surface area contributed by atoms with Gasteiger partial charge in [0, 0.05) is 18.3 Å². The van der Waals surface area contributed by atoms with Crippen LogP contribution >= 0.6 is 15.9 Å². The van der Waals surface area contributed by atoms with Gasteiger partial charge in [0.2, 0.25) is 5.91 Å². The Bertz CT molecular complexity index is 272. The summed E-state index contributed by atoms with van der Waals surface area (Å²) in [6.45, 7) is 9.62. The van der Waals surface area contributed by atoms with E-state index in [1.54, 1.807) is 0 Å². The fraction of sp³-hybridized carbons (Fsp3) is 0.933. The van der Waals surface area contributed by atoms with E-state index in [1.807, 2.05) is 0 Å². The van der Waals surface area contributed by atoms with Crippen LogP contribution < -0.4 is 5.32 Å². The molecule has 1 aliphatic carbocycles. The van der Waals surface area contributed by atoms with Crippen LogP contribution in [0.3, 0.4) is 0 Å². The molecule has 3 unspecified atom stereocenters. The second-order valence-corrected chi connectivity index (χ2v) is 7.53. The number of carbonyl (C=O) groups is 1. The van der Waals surface area contributed by atoms with Crippen molar-refractivity contribution < 1.29 is 4.79 Å². The second-order valence-electron chi connectivity index (χ2n) is 6.88. The Labute approximate surface area is 120 Å². The number of halogens is 1. The zero-order chi connectivity index (χ0) is 13.8. The van der Waals surface area contributed by atoms with Crippen molar-refractivity contribution in [3.8, 4) is 0 Å². The lowest BCUT2D eigenvalue weighted by Crippen LogP contribution is -2.33. The van der Waals surface area contributed by atoms with Crippen LogP contribution in [0.4, 0.5) is 0 Å². The molecule has 0 spiro atoms. The summed E-state index contributed by atoms with van der Waals surface area (Å²) in [4.78, 5) is 11.9. The molecule has 0 radical (unpaired) electrons. The van der Waals surface area contributed by atoms with Crippen molar-refractivity contribution in [1.82, 2.24) is 5.32 Å². The molecule has 1 N–H and O–H groups in total. The van der Waals surface area contributed by atoms with E-state index in [9.17, 15) is 4.79 Å². The lowest BCUT2D eigenvalue weighted by atomic mass is 9.80. The number of carbonyl (C=O) groups excluding carboxylic acids is 1. The van der Waals surface area contributed by atoms with Gasteiger partial charge in [-0.15, -0.1) is 0 Å². The molecule has 0 bridgehead atoms. The van der Waals surface area contributed by atoms with E-state index in [1.165, 1.54) is 19.3 Å². The number of nitrogens with one attached hydrogen (secondary N) is 1. The minimum atomic E-state index is 0.211. The lowest BCUT2D eigenvalue weighted by molar-refractivity contribution is -0.122. The Morgan fingerprint density at radius 2 is 1.94 bits per heavy atom. The molecule has 0 aliphatic heterocycles. The summed E-state index contributed by atoms with van der Waals surface area (Å²) in [6.07, 6.45) is 4.54. The van der Waals surface area contributed by atoms with Crippen LogP contribution in [0.5, 0.6) is 0 Å². The van der Waals surface area contributed by atoms with Gasteiger partial charge in [-0.05, 0) is 36.0 Å². The van der Waals surface area contributed by atoms with E-state index in [0.29, 0.717) is 18.3 Å². The molecule has 3 atom stereocenters. The molecule has 18 heavy (non-hydrogen) atoms. The lowest BCUT2D eigenvalue weighted by Gasteiger charge is -2.27. The maximum Gasteiger partial charge on any atom is 0.220 e. The molecular formula is C15H28BrNO. The highest BCUT2D eigenvalue weighted by atomic mass is 79.9. The molecule has 1 saturated carbocycles. The highest BCUT2D eigenvalue weighted by molar-refractivity contribution is 9.09. The zero-order valence-electron chi connectivity index (χ0n) is 12.3. The van der Waals surface area contributed by atoms with Gasteiger partial charge in [-0.2, -0.15) is 0 Å². The third kappa shape index (κ3) is 4.91.